The normalized spacial score (nSPS) is 22.9. The van der Waals surface area contributed by atoms with Crippen molar-refractivity contribution in [3.05, 3.63) is 10.4 Å². The summed E-state index contributed by atoms with van der Waals surface area (Å²) in [6, 6.07) is -0.620. The molecule has 1 aliphatic rings. The van der Waals surface area contributed by atoms with Crippen LogP contribution in [0.4, 0.5) is 0 Å². The van der Waals surface area contributed by atoms with E-state index in [1.54, 1.807) is 0 Å². The van der Waals surface area contributed by atoms with Crippen LogP contribution in [0.2, 0.25) is 0 Å². The highest BCUT2D eigenvalue weighted by molar-refractivity contribution is 5.73. The molecule has 0 unspecified atom stereocenters. The molecule has 1 N–H and O–H groups in total. The summed E-state index contributed by atoms with van der Waals surface area (Å²) in [6.07, 6.45) is 1.34. The fourth-order valence-corrected chi connectivity index (χ4v) is 1.16. The molecule has 1 atom stereocenters. The van der Waals surface area contributed by atoms with Crippen molar-refractivity contribution in [1.29, 1.82) is 0 Å². The molecule has 1 saturated heterocycles. The Labute approximate surface area is 63.0 Å². The first kappa shape index (κ1) is 7.68. The Kier molecular flexibility index (Phi) is 2.18. The zero-order chi connectivity index (χ0) is 8.27. The number of hydrogen-bond donors (Lipinski definition) is 1. The van der Waals surface area contributed by atoms with Crippen LogP contribution in [-0.4, -0.2) is 28.7 Å². The van der Waals surface area contributed by atoms with Gasteiger partial charge in [0.2, 0.25) is 0 Å². The number of hydrogen-bond acceptors (Lipinski definition) is 2. The van der Waals surface area contributed by atoms with Gasteiger partial charge in [0.05, 0.1) is 6.54 Å². The van der Waals surface area contributed by atoms with E-state index in [-0.39, 0.29) is 0 Å². The maximum atomic E-state index is 10.5. The Morgan fingerprint density at radius 3 is 3.09 bits per heavy atom. The van der Waals surface area contributed by atoms with E-state index in [1.807, 2.05) is 0 Å². The lowest BCUT2D eigenvalue weighted by Gasteiger charge is -2.10. The third-order valence-electron chi connectivity index (χ3n) is 1.66. The van der Waals surface area contributed by atoms with Gasteiger partial charge in [-0.3, -0.25) is 0 Å². The van der Waals surface area contributed by atoms with E-state index in [1.165, 1.54) is 5.01 Å². The molecule has 1 fully saturated rings. The van der Waals surface area contributed by atoms with Gasteiger partial charge in [-0.05, 0) is 11.6 Å². The van der Waals surface area contributed by atoms with Crippen molar-refractivity contribution < 1.29 is 9.90 Å². The minimum atomic E-state index is -0.921. The highest BCUT2D eigenvalue weighted by atomic mass is 16.4. The number of carboxylic acids is 1. The van der Waals surface area contributed by atoms with Crippen LogP contribution in [0.3, 0.4) is 0 Å². The van der Waals surface area contributed by atoms with E-state index in [2.05, 4.69) is 10.1 Å². The van der Waals surface area contributed by atoms with Crippen LogP contribution in [0, 0.1) is 0 Å². The lowest BCUT2D eigenvalue weighted by atomic mass is 10.2. The van der Waals surface area contributed by atoms with Gasteiger partial charge in [0.1, 0.15) is 0 Å². The average Bonchev–Trinajstić information content (AvgIpc) is 2.36. The van der Waals surface area contributed by atoms with Gasteiger partial charge in [0, 0.05) is 6.42 Å². The fraction of sp³-hybridized carbons (Fsp3) is 0.800. The number of rotatable bonds is 2. The predicted molar refractivity (Wildman–Crippen MR) is 36.5 cm³/mol. The minimum absolute atomic E-state index is 0.543. The molecule has 0 amide bonds. The number of carboxylic acid groups (broad SMARTS) is 1. The van der Waals surface area contributed by atoms with Crippen LogP contribution < -0.4 is 0 Å². The van der Waals surface area contributed by atoms with Gasteiger partial charge in [0.15, 0.2) is 6.04 Å². The first-order chi connectivity index (χ1) is 5.25. The molecule has 0 aromatic rings. The maximum absolute atomic E-state index is 10.5. The Hall–Kier alpha value is -1.42. The summed E-state index contributed by atoms with van der Waals surface area (Å²) in [6.45, 7) is 0.543. The van der Waals surface area contributed by atoms with E-state index < -0.39 is 12.0 Å². The van der Waals surface area contributed by atoms with Crippen LogP contribution >= 0.6 is 0 Å². The Morgan fingerprint density at radius 1 is 1.82 bits per heavy atom. The van der Waals surface area contributed by atoms with E-state index in [4.69, 9.17) is 10.6 Å². The molecule has 11 heavy (non-hydrogen) atoms. The highest BCUT2D eigenvalue weighted by Crippen LogP contribution is 2.17. The molecule has 0 aliphatic carbocycles. The standard InChI is InChI=1S/C5H8N4O2/c6-7-8-9-3-1-2-4(9)5(10)11/h4H,1-3H2,(H,10,11)/t4-/m0/s1. The van der Waals surface area contributed by atoms with Gasteiger partial charge in [-0.25, -0.2) is 9.80 Å². The summed E-state index contributed by atoms with van der Waals surface area (Å²) in [4.78, 5) is 13.0. The first-order valence-electron chi connectivity index (χ1n) is 3.30. The smallest absolute Gasteiger partial charge is 0.349 e. The average molecular weight is 156 g/mol. The second kappa shape index (κ2) is 3.12. The lowest BCUT2D eigenvalue weighted by Crippen LogP contribution is -2.31. The van der Waals surface area contributed by atoms with Crippen LogP contribution in [0.1, 0.15) is 12.8 Å². The minimum Gasteiger partial charge on any atom is -0.478 e. The monoisotopic (exact) mass is 156 g/mol. The molecule has 1 heterocycles. The van der Waals surface area contributed by atoms with E-state index in [0.29, 0.717) is 13.0 Å². The van der Waals surface area contributed by atoms with E-state index in [0.717, 1.165) is 6.42 Å². The molecule has 0 radical (unpaired) electrons. The Balaban J connectivity index is 2.64. The van der Waals surface area contributed by atoms with Gasteiger partial charge in [-0.2, -0.15) is 4.91 Å². The van der Waals surface area contributed by atoms with Crippen molar-refractivity contribution in [2.75, 3.05) is 6.54 Å². The van der Waals surface area contributed by atoms with Gasteiger partial charge in [-0.1, -0.05) is 0 Å². The van der Waals surface area contributed by atoms with Crippen molar-refractivity contribution in [3.8, 4) is 0 Å². The molecular formula is C5H8N4O2. The molecule has 0 saturated carbocycles. The van der Waals surface area contributed by atoms with Crippen LogP contribution in [0.5, 0.6) is 0 Å². The van der Waals surface area contributed by atoms with Crippen molar-refractivity contribution in [2.45, 2.75) is 18.9 Å². The van der Waals surface area contributed by atoms with E-state index in [9.17, 15) is 4.79 Å². The summed E-state index contributed by atoms with van der Waals surface area (Å²) in [5.74, 6) is -0.921. The molecule has 6 heteroatoms. The van der Waals surface area contributed by atoms with Gasteiger partial charge in [-0.15, -0.1) is 5.53 Å². The SMILES string of the molecule is [N-]=[N+]=NN1CCC[C@H]1C(=O)O. The molecule has 0 spiro atoms. The molecular weight excluding hydrogens is 148 g/mol. The topological polar surface area (TPSA) is 89.3 Å². The number of azide groups is 1. The Morgan fingerprint density at radius 2 is 2.55 bits per heavy atom. The molecule has 0 aromatic carbocycles. The third-order valence-corrected chi connectivity index (χ3v) is 1.66. The van der Waals surface area contributed by atoms with Crippen LogP contribution in [0.15, 0.2) is 5.22 Å². The van der Waals surface area contributed by atoms with Gasteiger partial charge >= 0.3 is 5.97 Å². The second-order valence-corrected chi connectivity index (χ2v) is 2.34. The number of nitrogens with zero attached hydrogens (tertiary/aromatic N) is 4. The van der Waals surface area contributed by atoms with E-state index >= 15 is 0 Å². The van der Waals surface area contributed by atoms with Crippen molar-refractivity contribution in [3.63, 3.8) is 0 Å². The summed E-state index contributed by atoms with van der Waals surface area (Å²) >= 11 is 0. The van der Waals surface area contributed by atoms with Gasteiger partial charge in [0.25, 0.3) is 0 Å². The Bertz CT molecular complexity index is 203. The summed E-state index contributed by atoms with van der Waals surface area (Å²) in [5.41, 5.74) is 8.05. The lowest BCUT2D eigenvalue weighted by molar-refractivity contribution is -0.142. The first-order valence-corrected chi connectivity index (χ1v) is 3.30. The number of carbonyl (C=O) groups is 1. The maximum Gasteiger partial charge on any atom is 0.349 e. The zero-order valence-electron chi connectivity index (χ0n) is 5.84. The van der Waals surface area contributed by atoms with Crippen LogP contribution in [0.25, 0.3) is 10.4 Å². The summed E-state index contributed by atoms with van der Waals surface area (Å²) in [7, 11) is 0. The van der Waals surface area contributed by atoms with Crippen molar-refractivity contribution in [2.24, 2.45) is 5.22 Å². The van der Waals surface area contributed by atoms with Gasteiger partial charge < -0.3 is 5.11 Å². The molecule has 60 valence electrons. The molecule has 1 aliphatic heterocycles. The van der Waals surface area contributed by atoms with Crippen molar-refractivity contribution in [1.82, 2.24) is 5.01 Å². The zero-order valence-corrected chi connectivity index (χ0v) is 5.84. The second-order valence-electron chi connectivity index (χ2n) is 2.34. The predicted octanol–water partition coefficient (Wildman–Crippen LogP) is 0.761. The molecule has 0 aromatic heterocycles. The quantitative estimate of drug-likeness (QED) is 0.363. The summed E-state index contributed by atoms with van der Waals surface area (Å²) < 4.78 is 0. The van der Waals surface area contributed by atoms with Crippen molar-refractivity contribution >= 4 is 5.97 Å². The third kappa shape index (κ3) is 1.53. The highest BCUT2D eigenvalue weighted by Gasteiger charge is 2.32. The fourth-order valence-electron chi connectivity index (χ4n) is 1.16. The largest absolute Gasteiger partial charge is 0.478 e. The number of aliphatic carboxylic acids is 1. The summed E-state index contributed by atoms with van der Waals surface area (Å²) in [5, 5.41) is 13.1. The molecule has 0 bridgehead atoms. The molecule has 6 nitrogen and oxygen atoms in total. The van der Waals surface area contributed by atoms with Crippen LogP contribution in [-0.2, 0) is 4.79 Å². The molecule has 1 rings (SSSR count).